The molecule has 0 amide bonds. The number of carboxylic acid groups (broad SMARTS) is 1. The van der Waals surface area contributed by atoms with Crippen LogP contribution in [0.5, 0.6) is 0 Å². The predicted molar refractivity (Wildman–Crippen MR) is 191 cm³/mol. The fourth-order valence-corrected chi connectivity index (χ4v) is 5.83. The molecule has 3 atom stereocenters. The molecule has 0 bridgehead atoms. The molecule has 0 aliphatic carbocycles. The number of esters is 1. The highest BCUT2D eigenvalue weighted by Gasteiger charge is 2.31. The van der Waals surface area contributed by atoms with E-state index in [1.807, 2.05) is 0 Å². The zero-order chi connectivity index (χ0) is 34.6. The fourth-order valence-electron chi connectivity index (χ4n) is 5.83. The predicted octanol–water partition coefficient (Wildman–Crippen LogP) is 10.4. The molecular weight excluding hydrogens is 596 g/mol. The lowest BCUT2D eigenvalue weighted by atomic mass is 10.0. The van der Waals surface area contributed by atoms with Crippen LogP contribution in [0.4, 0.5) is 0 Å². The van der Waals surface area contributed by atoms with Gasteiger partial charge in [0.25, 0.3) is 0 Å². The van der Waals surface area contributed by atoms with E-state index in [-0.39, 0.29) is 26.1 Å². The average Bonchev–Trinajstić information content (AvgIpc) is 3.06. The number of unbranched alkanes of at least 4 members (excludes halogenated alkanes) is 26. The summed E-state index contributed by atoms with van der Waals surface area (Å²) in [7, 11) is 0. The third-order valence-corrected chi connectivity index (χ3v) is 8.93. The van der Waals surface area contributed by atoms with Crippen LogP contribution in [0.1, 0.15) is 206 Å². The largest absolute Gasteiger partial charge is 0.481 e. The highest BCUT2D eigenvalue weighted by molar-refractivity contribution is 5.76. The van der Waals surface area contributed by atoms with E-state index in [0.717, 1.165) is 38.5 Å². The summed E-state index contributed by atoms with van der Waals surface area (Å²) in [6.07, 6.45) is 29.5. The van der Waals surface area contributed by atoms with E-state index in [0.29, 0.717) is 0 Å². The smallest absolute Gasteiger partial charge is 0.308 e. The number of carbonyl (C=O) groups is 2. The normalized spacial score (nSPS) is 13.4. The van der Waals surface area contributed by atoms with Crippen LogP contribution in [0.2, 0.25) is 0 Å². The monoisotopic (exact) mass is 673 g/mol. The van der Waals surface area contributed by atoms with E-state index in [4.69, 9.17) is 19.3 Å². The first kappa shape index (κ1) is 45.8. The van der Waals surface area contributed by atoms with Gasteiger partial charge >= 0.3 is 11.9 Å². The number of aliphatic carboxylic acids is 1. The summed E-state index contributed by atoms with van der Waals surface area (Å²) < 4.78 is 16.3. The van der Waals surface area contributed by atoms with Crippen molar-refractivity contribution in [1.29, 1.82) is 0 Å². The van der Waals surface area contributed by atoms with Gasteiger partial charge in [-0.05, 0) is 12.8 Å². The quantitative estimate of drug-likeness (QED) is 0.0336. The molecule has 8 heteroatoms. The van der Waals surface area contributed by atoms with Crippen LogP contribution in [0.3, 0.4) is 0 Å². The Hall–Kier alpha value is -1.22. The summed E-state index contributed by atoms with van der Waals surface area (Å²) in [4.78, 5) is 23.0. The van der Waals surface area contributed by atoms with Crippen molar-refractivity contribution in [2.75, 3.05) is 13.2 Å². The molecule has 3 unspecified atom stereocenters. The molecule has 47 heavy (non-hydrogen) atoms. The first-order valence-corrected chi connectivity index (χ1v) is 19.9. The van der Waals surface area contributed by atoms with Crippen LogP contribution in [0.25, 0.3) is 0 Å². The Morgan fingerprint density at radius 1 is 0.468 bits per heavy atom. The van der Waals surface area contributed by atoms with Crippen molar-refractivity contribution in [2.24, 2.45) is 0 Å². The van der Waals surface area contributed by atoms with Crippen LogP contribution in [-0.2, 0) is 23.8 Å². The maximum Gasteiger partial charge on any atom is 0.308 e. The summed E-state index contributed by atoms with van der Waals surface area (Å²) in [5, 5.41) is 29.9. The average molecular weight is 673 g/mol. The summed E-state index contributed by atoms with van der Waals surface area (Å²) in [5.41, 5.74) is 0. The number of carboxylic acids is 1. The maximum atomic E-state index is 12.2. The van der Waals surface area contributed by atoms with Gasteiger partial charge in [-0.2, -0.15) is 0 Å². The number of hydrogen-bond donors (Lipinski definition) is 3. The molecule has 0 heterocycles. The molecule has 3 N–H and O–H groups in total. The van der Waals surface area contributed by atoms with E-state index in [1.165, 1.54) is 141 Å². The molecule has 0 saturated carbocycles. The minimum atomic E-state index is -1.58. The molecule has 0 aliphatic rings. The van der Waals surface area contributed by atoms with Gasteiger partial charge in [0.05, 0.1) is 19.4 Å². The molecule has 0 aliphatic heterocycles. The van der Waals surface area contributed by atoms with Gasteiger partial charge in [0.2, 0.25) is 6.29 Å². The minimum Gasteiger partial charge on any atom is -0.481 e. The van der Waals surface area contributed by atoms with Crippen LogP contribution < -0.4 is 0 Å². The molecule has 8 nitrogen and oxygen atoms in total. The summed E-state index contributed by atoms with van der Waals surface area (Å²) >= 11 is 0. The summed E-state index contributed by atoms with van der Waals surface area (Å²) in [5.74, 6) is -1.91. The zero-order valence-corrected chi connectivity index (χ0v) is 30.7. The molecule has 0 spiro atoms. The molecule has 0 aromatic carbocycles. The minimum absolute atomic E-state index is 0.262. The van der Waals surface area contributed by atoms with Gasteiger partial charge in [-0.1, -0.05) is 181 Å². The van der Waals surface area contributed by atoms with Gasteiger partial charge in [-0.15, -0.1) is 0 Å². The van der Waals surface area contributed by atoms with Gasteiger partial charge in [-0.3, -0.25) is 9.59 Å². The van der Waals surface area contributed by atoms with Crippen LogP contribution >= 0.6 is 0 Å². The van der Waals surface area contributed by atoms with Crippen LogP contribution in [-0.4, -0.2) is 59.2 Å². The number of aliphatic hydroxyl groups excluding tert-OH is 2. The van der Waals surface area contributed by atoms with Gasteiger partial charge in [0.1, 0.15) is 0 Å². The van der Waals surface area contributed by atoms with E-state index in [9.17, 15) is 19.8 Å². The second-order valence-corrected chi connectivity index (χ2v) is 13.6. The molecular formula is C39H76O8. The van der Waals surface area contributed by atoms with Crippen LogP contribution in [0.15, 0.2) is 0 Å². The Balaban J connectivity index is 4.08. The van der Waals surface area contributed by atoms with Crippen molar-refractivity contribution in [3.05, 3.63) is 0 Å². The number of hydrogen-bond acceptors (Lipinski definition) is 7. The van der Waals surface area contributed by atoms with E-state index in [2.05, 4.69) is 13.8 Å². The zero-order valence-electron chi connectivity index (χ0n) is 30.7. The Labute approximate surface area is 289 Å². The van der Waals surface area contributed by atoms with Crippen molar-refractivity contribution in [3.63, 3.8) is 0 Å². The first-order chi connectivity index (χ1) is 22.9. The highest BCUT2D eigenvalue weighted by Crippen LogP contribution is 2.16. The lowest BCUT2D eigenvalue weighted by Crippen LogP contribution is -2.43. The standard InChI is InChI=1S/C39H76O8/c1-3-5-7-9-11-13-15-17-19-21-23-25-27-29-33-45-38(44)37(43)39(47-36(42)32-31-35(40)41)46-34-30-28-26-24-22-20-18-16-14-12-10-8-6-4-2/h37-39,43-44H,3-34H2,1-2H3,(H,40,41). The summed E-state index contributed by atoms with van der Waals surface area (Å²) in [6, 6.07) is 0. The first-order valence-electron chi connectivity index (χ1n) is 19.9. The van der Waals surface area contributed by atoms with E-state index in [1.54, 1.807) is 0 Å². The lowest BCUT2D eigenvalue weighted by Gasteiger charge is -2.26. The third kappa shape index (κ3) is 33.1. The molecule has 0 saturated heterocycles. The number of ether oxygens (including phenoxy) is 3. The van der Waals surface area contributed by atoms with Crippen molar-refractivity contribution < 1.29 is 39.1 Å². The Morgan fingerprint density at radius 2 is 0.787 bits per heavy atom. The Morgan fingerprint density at radius 3 is 1.13 bits per heavy atom. The highest BCUT2D eigenvalue weighted by atomic mass is 16.7. The second kappa shape index (κ2) is 36.1. The maximum absolute atomic E-state index is 12.2. The Kier molecular flexibility index (Phi) is 35.1. The van der Waals surface area contributed by atoms with Gasteiger partial charge in [0.15, 0.2) is 12.4 Å². The summed E-state index contributed by atoms with van der Waals surface area (Å²) in [6.45, 7) is 5.05. The van der Waals surface area contributed by atoms with Gasteiger partial charge in [0, 0.05) is 6.61 Å². The molecule has 0 aromatic heterocycles. The van der Waals surface area contributed by atoms with Gasteiger partial charge in [-0.25, -0.2) is 0 Å². The topological polar surface area (TPSA) is 123 Å². The van der Waals surface area contributed by atoms with Crippen LogP contribution in [0, 0.1) is 0 Å². The van der Waals surface area contributed by atoms with Crippen molar-refractivity contribution in [1.82, 2.24) is 0 Å². The number of aliphatic hydroxyl groups is 2. The number of carbonyl (C=O) groups excluding carboxylic acids is 1. The lowest BCUT2D eigenvalue weighted by molar-refractivity contribution is -0.255. The molecule has 0 fully saturated rings. The van der Waals surface area contributed by atoms with Crippen molar-refractivity contribution >= 4 is 11.9 Å². The van der Waals surface area contributed by atoms with E-state index >= 15 is 0 Å². The molecule has 0 radical (unpaired) electrons. The van der Waals surface area contributed by atoms with E-state index < -0.39 is 30.6 Å². The second-order valence-electron chi connectivity index (χ2n) is 13.6. The third-order valence-electron chi connectivity index (χ3n) is 8.93. The molecule has 0 aromatic rings. The Bertz CT molecular complexity index is 673. The SMILES string of the molecule is CCCCCCCCCCCCCCCCOC(O)C(O)C(OCCCCCCCCCCCCCCCC)OC(=O)CCC(=O)O. The molecule has 280 valence electrons. The molecule has 0 rings (SSSR count). The number of rotatable bonds is 38. The van der Waals surface area contributed by atoms with Crippen molar-refractivity contribution in [3.8, 4) is 0 Å². The van der Waals surface area contributed by atoms with Gasteiger partial charge < -0.3 is 29.5 Å². The van der Waals surface area contributed by atoms with Crippen molar-refractivity contribution in [2.45, 2.75) is 225 Å². The fraction of sp³-hybridized carbons (Fsp3) is 0.949.